The van der Waals surface area contributed by atoms with Crippen LogP contribution in [0.1, 0.15) is 5.56 Å². The normalized spacial score (nSPS) is 13.1. The van der Waals surface area contributed by atoms with E-state index in [4.69, 9.17) is 5.11 Å². The Hall–Kier alpha value is -2.03. The fourth-order valence-corrected chi connectivity index (χ4v) is 1.51. The van der Waals surface area contributed by atoms with E-state index >= 15 is 0 Å². The number of carboxylic acids is 1. The summed E-state index contributed by atoms with van der Waals surface area (Å²) in [5.74, 6) is -2.57. The number of alkyl halides is 3. The minimum Gasteiger partial charge on any atom is -0.478 e. The Bertz CT molecular complexity index is 589. The van der Waals surface area contributed by atoms with Crippen LogP contribution in [0.3, 0.4) is 0 Å². The molecule has 104 valence electrons. The summed E-state index contributed by atoms with van der Waals surface area (Å²) < 4.78 is 62.0. The number of carboxylic acid groups (broad SMARTS) is 1. The molecule has 0 unspecified atom stereocenters. The molecule has 0 saturated heterocycles. The van der Waals surface area contributed by atoms with E-state index in [2.05, 4.69) is 4.18 Å². The molecule has 0 radical (unpaired) electrons. The molecule has 0 aliphatic carbocycles. The number of rotatable bonds is 4. The molecule has 0 heterocycles. The zero-order valence-electron chi connectivity index (χ0n) is 9.09. The van der Waals surface area contributed by atoms with Gasteiger partial charge < -0.3 is 9.29 Å². The molecule has 1 N–H and O–H groups in total. The Labute approximate surface area is 106 Å². The third-order valence-electron chi connectivity index (χ3n) is 1.80. The van der Waals surface area contributed by atoms with Crippen LogP contribution in [0.2, 0.25) is 0 Å². The number of benzene rings is 1. The summed E-state index contributed by atoms with van der Waals surface area (Å²) in [6.07, 6.45) is 0.235. The Kier molecular flexibility index (Phi) is 4.20. The Balaban J connectivity index is 3.20. The number of hydrogen-bond acceptors (Lipinski definition) is 4. The molecule has 1 aromatic carbocycles. The lowest BCUT2D eigenvalue weighted by atomic mass is 10.2. The molecule has 0 aliphatic heterocycles. The monoisotopic (exact) mass is 296 g/mol. The van der Waals surface area contributed by atoms with E-state index in [9.17, 15) is 26.4 Å². The molecule has 0 amide bonds. The van der Waals surface area contributed by atoms with Gasteiger partial charge in [-0.25, -0.2) is 4.79 Å². The van der Waals surface area contributed by atoms with E-state index in [0.717, 1.165) is 0 Å². The van der Waals surface area contributed by atoms with Crippen LogP contribution in [0.15, 0.2) is 36.4 Å². The SMILES string of the molecule is O=C(O)/C=C(/OS(=O)(=O)C(F)(F)F)c1ccccc1. The predicted octanol–water partition coefficient (Wildman–Crippen LogP) is 1.98. The van der Waals surface area contributed by atoms with Crippen molar-refractivity contribution in [1.82, 2.24) is 0 Å². The van der Waals surface area contributed by atoms with Crippen LogP contribution in [-0.2, 0) is 19.1 Å². The van der Waals surface area contributed by atoms with Crippen LogP contribution in [0.5, 0.6) is 0 Å². The van der Waals surface area contributed by atoms with Gasteiger partial charge in [0.1, 0.15) is 0 Å². The maximum atomic E-state index is 12.2. The van der Waals surface area contributed by atoms with Crippen LogP contribution in [-0.4, -0.2) is 25.0 Å². The second-order valence-corrected chi connectivity index (χ2v) is 4.73. The van der Waals surface area contributed by atoms with Gasteiger partial charge in [-0.2, -0.15) is 21.6 Å². The maximum Gasteiger partial charge on any atom is 0.534 e. The minimum atomic E-state index is -5.92. The lowest BCUT2D eigenvalue weighted by Gasteiger charge is -2.12. The zero-order chi connectivity index (χ0) is 14.7. The van der Waals surface area contributed by atoms with Crippen molar-refractivity contribution in [2.45, 2.75) is 5.51 Å². The zero-order valence-corrected chi connectivity index (χ0v) is 9.90. The van der Waals surface area contributed by atoms with E-state index < -0.39 is 27.4 Å². The van der Waals surface area contributed by atoms with Crippen molar-refractivity contribution in [3.8, 4) is 0 Å². The third-order valence-corrected chi connectivity index (χ3v) is 2.76. The highest BCUT2D eigenvalue weighted by Crippen LogP contribution is 2.29. The van der Waals surface area contributed by atoms with Gasteiger partial charge in [0.25, 0.3) is 0 Å². The van der Waals surface area contributed by atoms with Crippen molar-refractivity contribution in [3.63, 3.8) is 0 Å². The highest BCUT2D eigenvalue weighted by Gasteiger charge is 2.49. The van der Waals surface area contributed by atoms with Crippen molar-refractivity contribution in [1.29, 1.82) is 0 Å². The lowest BCUT2D eigenvalue weighted by Crippen LogP contribution is -2.25. The third kappa shape index (κ3) is 3.98. The summed E-state index contributed by atoms with van der Waals surface area (Å²) in [6, 6.07) is 6.70. The van der Waals surface area contributed by atoms with Gasteiger partial charge in [-0.05, 0) is 0 Å². The largest absolute Gasteiger partial charge is 0.534 e. The minimum absolute atomic E-state index is 0.113. The summed E-state index contributed by atoms with van der Waals surface area (Å²) in [7, 11) is -5.92. The van der Waals surface area contributed by atoms with E-state index in [0.29, 0.717) is 0 Å². The molecule has 0 spiro atoms. The van der Waals surface area contributed by atoms with Crippen molar-refractivity contribution in [3.05, 3.63) is 42.0 Å². The van der Waals surface area contributed by atoms with Crippen LogP contribution in [0.25, 0.3) is 5.76 Å². The van der Waals surface area contributed by atoms with Gasteiger partial charge >= 0.3 is 21.6 Å². The van der Waals surface area contributed by atoms with Crippen LogP contribution < -0.4 is 0 Å². The fourth-order valence-electron chi connectivity index (χ4n) is 1.04. The van der Waals surface area contributed by atoms with Crippen molar-refractivity contribution >= 4 is 21.8 Å². The Morgan fingerprint density at radius 3 is 2.16 bits per heavy atom. The molecule has 0 aromatic heterocycles. The lowest BCUT2D eigenvalue weighted by molar-refractivity contribution is -0.131. The average Bonchev–Trinajstić information content (AvgIpc) is 2.27. The number of aliphatic carboxylic acids is 1. The molecular weight excluding hydrogens is 289 g/mol. The van der Waals surface area contributed by atoms with E-state index in [-0.39, 0.29) is 11.6 Å². The van der Waals surface area contributed by atoms with Gasteiger partial charge in [0.05, 0.1) is 6.08 Å². The quantitative estimate of drug-likeness (QED) is 0.398. The number of hydrogen-bond donors (Lipinski definition) is 1. The first-order valence-corrected chi connectivity index (χ1v) is 6.05. The molecule has 1 aromatic rings. The van der Waals surface area contributed by atoms with Crippen LogP contribution in [0.4, 0.5) is 13.2 Å². The standard InChI is InChI=1S/C10H7F3O5S/c11-10(12,13)19(16,17)18-8(6-9(14)15)7-4-2-1-3-5-7/h1-6H,(H,14,15)/b8-6+. The molecule has 0 aliphatic rings. The van der Waals surface area contributed by atoms with Crippen LogP contribution in [0, 0.1) is 0 Å². The van der Waals surface area contributed by atoms with Crippen molar-refractivity contribution in [2.24, 2.45) is 0 Å². The molecule has 0 saturated carbocycles. The van der Waals surface area contributed by atoms with Gasteiger partial charge in [-0.15, -0.1) is 0 Å². The first-order valence-electron chi connectivity index (χ1n) is 4.64. The molecule has 9 heteroatoms. The number of halogens is 3. The smallest absolute Gasteiger partial charge is 0.478 e. The molecule has 5 nitrogen and oxygen atoms in total. The summed E-state index contributed by atoms with van der Waals surface area (Å²) >= 11 is 0. The average molecular weight is 296 g/mol. The Morgan fingerprint density at radius 1 is 1.21 bits per heavy atom. The van der Waals surface area contributed by atoms with E-state index in [1.165, 1.54) is 30.3 Å². The maximum absolute atomic E-state index is 12.2. The predicted molar refractivity (Wildman–Crippen MR) is 58.1 cm³/mol. The van der Waals surface area contributed by atoms with Gasteiger partial charge in [-0.3, -0.25) is 0 Å². The number of carbonyl (C=O) groups is 1. The Morgan fingerprint density at radius 2 is 1.74 bits per heavy atom. The molecular formula is C10H7F3O5S. The van der Waals surface area contributed by atoms with Gasteiger partial charge in [0.2, 0.25) is 0 Å². The van der Waals surface area contributed by atoms with Gasteiger partial charge in [0.15, 0.2) is 5.76 Å². The van der Waals surface area contributed by atoms with Crippen LogP contribution >= 0.6 is 0 Å². The summed E-state index contributed by atoms with van der Waals surface area (Å²) in [6.45, 7) is 0. The van der Waals surface area contributed by atoms with E-state index in [1.807, 2.05) is 0 Å². The topological polar surface area (TPSA) is 80.7 Å². The second kappa shape index (κ2) is 5.31. The highest BCUT2D eigenvalue weighted by molar-refractivity contribution is 7.87. The molecule has 0 fully saturated rings. The first kappa shape index (κ1) is 15.0. The molecule has 0 bridgehead atoms. The van der Waals surface area contributed by atoms with E-state index in [1.54, 1.807) is 0 Å². The molecule has 19 heavy (non-hydrogen) atoms. The second-order valence-electron chi connectivity index (χ2n) is 3.20. The highest BCUT2D eigenvalue weighted by atomic mass is 32.2. The summed E-state index contributed by atoms with van der Waals surface area (Å²) in [4.78, 5) is 10.5. The van der Waals surface area contributed by atoms with Gasteiger partial charge in [0, 0.05) is 5.56 Å². The molecule has 1 rings (SSSR count). The van der Waals surface area contributed by atoms with Crippen molar-refractivity contribution in [2.75, 3.05) is 0 Å². The fraction of sp³-hybridized carbons (Fsp3) is 0.100. The summed E-state index contributed by atoms with van der Waals surface area (Å²) in [5, 5.41) is 8.51. The van der Waals surface area contributed by atoms with Gasteiger partial charge in [-0.1, -0.05) is 30.3 Å². The first-order chi connectivity index (χ1) is 8.63. The summed E-state index contributed by atoms with van der Waals surface area (Å²) in [5.41, 5.74) is -5.75. The molecule has 0 atom stereocenters. The van der Waals surface area contributed by atoms with Crippen molar-refractivity contribution < 1.29 is 35.7 Å².